The van der Waals surface area contributed by atoms with Crippen LogP contribution in [0, 0.1) is 0 Å². The molecule has 1 atom stereocenters. The van der Waals surface area contributed by atoms with Gasteiger partial charge in [-0.05, 0) is 18.2 Å². The minimum Gasteiger partial charge on any atom is -0.400 e. The molecule has 1 saturated heterocycles. The Hall–Kier alpha value is -2.28. The first-order valence-corrected chi connectivity index (χ1v) is 8.04. The van der Waals surface area contributed by atoms with Gasteiger partial charge in [0.25, 0.3) is 6.73 Å². The van der Waals surface area contributed by atoms with Crippen LogP contribution in [0.5, 0.6) is 0 Å². The first kappa shape index (κ1) is 13.4. The maximum atomic E-state index is 12.2. The summed E-state index contributed by atoms with van der Waals surface area (Å²) in [6.45, 7) is 0.123. The number of carbonyl (C=O) groups excluding carboxylic acids is 2. The van der Waals surface area contributed by atoms with E-state index in [4.69, 9.17) is 4.74 Å². The molecule has 0 saturated carbocycles. The molecule has 4 heterocycles. The molecule has 6 nitrogen and oxygen atoms in total. The smallest absolute Gasteiger partial charge is 0.359 e. The van der Waals surface area contributed by atoms with Crippen molar-refractivity contribution in [3.8, 4) is 0 Å². The fraction of sp³-hybridized carbons (Fsp3) is 0.267. The highest BCUT2D eigenvalue weighted by atomic mass is 32.2. The summed E-state index contributed by atoms with van der Waals surface area (Å²) < 4.78 is 9.10. The summed E-state index contributed by atoms with van der Waals surface area (Å²) in [5.74, 6) is 0.283. The van der Waals surface area contributed by atoms with Crippen LogP contribution in [-0.2, 0) is 21.1 Å². The summed E-state index contributed by atoms with van der Waals surface area (Å²) in [4.78, 5) is 25.4. The molecule has 1 fully saturated rings. The molecule has 0 aromatic carbocycles. The minimum absolute atomic E-state index is 0.0114. The van der Waals surface area contributed by atoms with Crippen LogP contribution in [0.4, 0.5) is 0 Å². The lowest BCUT2D eigenvalue weighted by Crippen LogP contribution is -2.53. The lowest BCUT2D eigenvalue weighted by Gasteiger charge is -2.42. The number of hydrogen-bond donors (Lipinski definition) is 0. The Labute approximate surface area is 131 Å². The lowest BCUT2D eigenvalue weighted by atomic mass is 10.1. The fourth-order valence-electron chi connectivity index (χ4n) is 2.64. The SMILES string of the molecule is O=C(OC[n+]1ccn2cccc2c1)C1=CCS[C@@H]2CC(=O)N12. The van der Waals surface area contributed by atoms with Crippen molar-refractivity contribution in [3.05, 3.63) is 48.7 Å². The van der Waals surface area contributed by atoms with Crippen molar-refractivity contribution in [3.63, 3.8) is 0 Å². The molecule has 2 aromatic heterocycles. The number of rotatable bonds is 3. The maximum absolute atomic E-state index is 12.2. The number of hydrogen-bond acceptors (Lipinski definition) is 4. The van der Waals surface area contributed by atoms with Crippen LogP contribution >= 0.6 is 11.8 Å². The van der Waals surface area contributed by atoms with Crippen LogP contribution < -0.4 is 4.57 Å². The van der Waals surface area contributed by atoms with Crippen molar-refractivity contribution in [1.29, 1.82) is 0 Å². The van der Waals surface area contributed by atoms with Crippen LogP contribution in [0.25, 0.3) is 5.52 Å². The van der Waals surface area contributed by atoms with Crippen LogP contribution in [0.2, 0.25) is 0 Å². The van der Waals surface area contributed by atoms with E-state index in [-0.39, 0.29) is 18.0 Å². The van der Waals surface area contributed by atoms with Gasteiger partial charge in [0.1, 0.15) is 11.2 Å². The van der Waals surface area contributed by atoms with Crippen molar-refractivity contribution in [2.24, 2.45) is 0 Å². The molecule has 112 valence electrons. The number of esters is 1. The average Bonchev–Trinajstić information content (AvgIpc) is 2.98. The number of thioether (sulfide) groups is 1. The third-order valence-electron chi connectivity index (χ3n) is 3.81. The van der Waals surface area contributed by atoms with Gasteiger partial charge in [0.2, 0.25) is 5.91 Å². The Kier molecular flexibility index (Phi) is 3.15. The molecule has 1 amide bonds. The van der Waals surface area contributed by atoms with E-state index in [1.54, 1.807) is 22.4 Å². The molecule has 0 bridgehead atoms. The third-order valence-corrected chi connectivity index (χ3v) is 4.93. The average molecular weight is 316 g/mol. The van der Waals surface area contributed by atoms with Crippen LogP contribution in [0.3, 0.4) is 0 Å². The van der Waals surface area contributed by atoms with Gasteiger partial charge in [-0.2, -0.15) is 4.57 Å². The van der Waals surface area contributed by atoms with Crippen molar-refractivity contribution < 1.29 is 18.9 Å². The largest absolute Gasteiger partial charge is 0.400 e. The second-order valence-electron chi connectivity index (χ2n) is 5.19. The second kappa shape index (κ2) is 5.17. The third kappa shape index (κ3) is 2.18. The molecular weight excluding hydrogens is 302 g/mol. The van der Waals surface area contributed by atoms with Gasteiger partial charge in [0.05, 0.1) is 18.0 Å². The molecule has 2 aliphatic rings. The zero-order chi connectivity index (χ0) is 15.1. The van der Waals surface area contributed by atoms with Gasteiger partial charge in [0.15, 0.2) is 12.4 Å². The summed E-state index contributed by atoms with van der Waals surface area (Å²) in [6, 6.07) is 3.92. The monoisotopic (exact) mass is 316 g/mol. The summed E-state index contributed by atoms with van der Waals surface area (Å²) in [5, 5.41) is 0.102. The Morgan fingerprint density at radius 2 is 2.36 bits per heavy atom. The van der Waals surface area contributed by atoms with Crippen LogP contribution in [-0.4, -0.2) is 32.3 Å². The quantitative estimate of drug-likeness (QED) is 0.480. The molecule has 2 aliphatic heterocycles. The summed E-state index contributed by atoms with van der Waals surface area (Å²) >= 11 is 1.67. The van der Waals surface area contributed by atoms with E-state index >= 15 is 0 Å². The van der Waals surface area contributed by atoms with Crippen molar-refractivity contribution >= 4 is 29.2 Å². The van der Waals surface area contributed by atoms with Crippen LogP contribution in [0.15, 0.2) is 48.7 Å². The fourth-order valence-corrected chi connectivity index (χ4v) is 3.75. The lowest BCUT2D eigenvalue weighted by molar-refractivity contribution is -0.726. The highest BCUT2D eigenvalue weighted by Gasteiger charge is 2.43. The molecule has 22 heavy (non-hydrogen) atoms. The predicted molar refractivity (Wildman–Crippen MR) is 79.5 cm³/mol. The number of amides is 1. The van der Waals surface area contributed by atoms with E-state index in [1.807, 2.05) is 41.3 Å². The summed E-state index contributed by atoms with van der Waals surface area (Å²) in [7, 11) is 0. The van der Waals surface area contributed by atoms with E-state index < -0.39 is 5.97 Å². The van der Waals surface area contributed by atoms with Gasteiger partial charge in [0, 0.05) is 11.9 Å². The van der Waals surface area contributed by atoms with E-state index in [0.29, 0.717) is 12.1 Å². The molecule has 7 heteroatoms. The Bertz CT molecular complexity index is 798. The highest BCUT2D eigenvalue weighted by molar-refractivity contribution is 8.00. The first-order valence-electron chi connectivity index (χ1n) is 6.99. The standard InChI is InChI=1S/C15H14N3O3S/c19-13-8-14-18(13)12(3-7-22-14)15(20)21-10-16-5-6-17-4-1-2-11(17)9-16/h1-6,9,14H,7-8,10H2/q+1/t14-/m1/s1. The van der Waals surface area contributed by atoms with Gasteiger partial charge in [-0.15, -0.1) is 11.8 Å². The molecular formula is C15H14N3O3S+. The normalized spacial score (nSPS) is 20.4. The molecule has 0 spiro atoms. The van der Waals surface area contributed by atoms with Gasteiger partial charge in [-0.1, -0.05) is 0 Å². The molecule has 0 unspecified atom stereocenters. The molecule has 0 radical (unpaired) electrons. The Morgan fingerprint density at radius 1 is 1.45 bits per heavy atom. The predicted octanol–water partition coefficient (Wildman–Crippen LogP) is 0.917. The van der Waals surface area contributed by atoms with Crippen molar-refractivity contribution in [2.45, 2.75) is 18.5 Å². The topological polar surface area (TPSA) is 54.9 Å². The van der Waals surface area contributed by atoms with Crippen LogP contribution in [0.1, 0.15) is 6.42 Å². The molecule has 2 aromatic rings. The van der Waals surface area contributed by atoms with Gasteiger partial charge < -0.3 is 9.14 Å². The van der Waals surface area contributed by atoms with Gasteiger partial charge >= 0.3 is 5.97 Å². The van der Waals surface area contributed by atoms with Crippen molar-refractivity contribution in [2.75, 3.05) is 5.75 Å². The van der Waals surface area contributed by atoms with E-state index in [1.165, 1.54) is 4.90 Å². The van der Waals surface area contributed by atoms with E-state index in [9.17, 15) is 9.59 Å². The second-order valence-corrected chi connectivity index (χ2v) is 6.40. The molecule has 0 N–H and O–H groups in total. The van der Waals surface area contributed by atoms with E-state index in [0.717, 1.165) is 11.3 Å². The number of β-lactam (4-membered cyclic amide) rings is 1. The number of aromatic nitrogens is 2. The first-order chi connectivity index (χ1) is 10.7. The van der Waals surface area contributed by atoms with Gasteiger partial charge in [-0.3, -0.25) is 9.69 Å². The van der Waals surface area contributed by atoms with Gasteiger partial charge in [-0.25, -0.2) is 4.79 Å². The zero-order valence-corrected chi connectivity index (χ0v) is 12.5. The highest BCUT2D eigenvalue weighted by Crippen LogP contribution is 2.37. The van der Waals surface area contributed by atoms with Crippen molar-refractivity contribution in [1.82, 2.24) is 9.30 Å². The zero-order valence-electron chi connectivity index (χ0n) is 11.7. The Morgan fingerprint density at radius 3 is 3.23 bits per heavy atom. The Balaban J connectivity index is 1.45. The number of carbonyl (C=O) groups is 2. The molecule has 4 rings (SSSR count). The number of ether oxygens (including phenoxy) is 1. The summed E-state index contributed by atoms with van der Waals surface area (Å²) in [5.41, 5.74) is 1.40. The number of fused-ring (bicyclic) bond motifs is 2. The minimum atomic E-state index is -0.443. The maximum Gasteiger partial charge on any atom is 0.359 e. The summed E-state index contributed by atoms with van der Waals surface area (Å²) in [6.07, 6.45) is 9.86. The molecule has 0 aliphatic carbocycles. The number of nitrogens with zero attached hydrogens (tertiary/aromatic N) is 3. The van der Waals surface area contributed by atoms with E-state index in [2.05, 4.69) is 0 Å².